The Hall–Kier alpha value is -1.53. The number of rotatable bonds is 1. The summed E-state index contributed by atoms with van der Waals surface area (Å²) in [6, 6.07) is -0.390. The van der Waals surface area contributed by atoms with Gasteiger partial charge >= 0.3 is 5.97 Å². The van der Waals surface area contributed by atoms with Gasteiger partial charge in [-0.1, -0.05) is 0 Å². The third-order valence-electron chi connectivity index (χ3n) is 2.25. The molecule has 0 radical (unpaired) electrons. The molecule has 0 spiro atoms. The Morgan fingerprint density at radius 2 is 1.88 bits per heavy atom. The first kappa shape index (κ1) is 13.5. The number of piperazine rings is 1. The molecule has 1 saturated heterocycles. The van der Waals surface area contributed by atoms with Crippen molar-refractivity contribution in [3.05, 3.63) is 23.8 Å². The van der Waals surface area contributed by atoms with Crippen LogP contribution in [0.25, 0.3) is 0 Å². The van der Waals surface area contributed by atoms with Crippen molar-refractivity contribution in [2.45, 2.75) is 19.9 Å². The molecule has 0 bridgehead atoms. The normalized spacial score (nSPS) is 19.1. The van der Waals surface area contributed by atoms with Crippen molar-refractivity contribution >= 4 is 5.97 Å². The van der Waals surface area contributed by atoms with Crippen LogP contribution in [-0.4, -0.2) is 46.7 Å². The standard InChI is InChI=1S/C6H8N2.C5H10N2O2/c1-5-3-8-6(2)4-7-5;8-5(9)4-3-6-1-2-7-4/h3-4H,1-2H3;4,6-7H,1-3H2,(H,8,9). The molecule has 3 N–H and O–H groups in total. The highest BCUT2D eigenvalue weighted by Gasteiger charge is 2.18. The first-order valence-electron chi connectivity index (χ1n) is 5.51. The van der Waals surface area contributed by atoms with Gasteiger partial charge < -0.3 is 15.7 Å². The molecular weight excluding hydrogens is 220 g/mol. The maximum absolute atomic E-state index is 10.3. The molecule has 1 fully saturated rings. The number of hydrogen-bond donors (Lipinski definition) is 3. The molecule has 94 valence electrons. The predicted octanol–water partition coefficient (Wildman–Crippen LogP) is -0.274. The minimum absolute atomic E-state index is 0.390. The molecule has 1 aromatic rings. The molecule has 6 nitrogen and oxygen atoms in total. The second-order valence-electron chi connectivity index (χ2n) is 3.85. The number of hydrogen-bond acceptors (Lipinski definition) is 5. The fourth-order valence-electron chi connectivity index (χ4n) is 1.29. The fourth-order valence-corrected chi connectivity index (χ4v) is 1.29. The van der Waals surface area contributed by atoms with E-state index in [1.54, 1.807) is 12.4 Å². The highest BCUT2D eigenvalue weighted by atomic mass is 16.4. The number of nitrogens with one attached hydrogen (secondary N) is 2. The Labute approximate surface area is 100 Å². The highest BCUT2D eigenvalue weighted by molar-refractivity contribution is 5.73. The maximum Gasteiger partial charge on any atom is 0.322 e. The first-order chi connectivity index (χ1) is 8.09. The molecule has 0 aromatic carbocycles. The number of carbonyl (C=O) groups is 1. The van der Waals surface area contributed by atoms with E-state index in [9.17, 15) is 4.79 Å². The summed E-state index contributed by atoms with van der Waals surface area (Å²) >= 11 is 0. The van der Waals surface area contributed by atoms with Crippen molar-refractivity contribution in [2.24, 2.45) is 0 Å². The lowest BCUT2D eigenvalue weighted by Crippen LogP contribution is -2.52. The van der Waals surface area contributed by atoms with Crippen molar-refractivity contribution in [1.29, 1.82) is 0 Å². The van der Waals surface area contributed by atoms with Crippen molar-refractivity contribution in [3.8, 4) is 0 Å². The van der Waals surface area contributed by atoms with Gasteiger partial charge in [-0.25, -0.2) is 0 Å². The number of carboxylic acids is 1. The van der Waals surface area contributed by atoms with Gasteiger partial charge in [-0.15, -0.1) is 0 Å². The van der Waals surface area contributed by atoms with E-state index in [0.717, 1.165) is 24.5 Å². The summed E-state index contributed by atoms with van der Waals surface area (Å²) in [6.45, 7) is 6.00. The average Bonchev–Trinajstić information content (AvgIpc) is 2.35. The number of aryl methyl sites for hydroxylation is 2. The van der Waals surface area contributed by atoms with Crippen molar-refractivity contribution in [1.82, 2.24) is 20.6 Å². The van der Waals surface area contributed by atoms with Crippen LogP contribution in [0.15, 0.2) is 12.4 Å². The third-order valence-corrected chi connectivity index (χ3v) is 2.25. The van der Waals surface area contributed by atoms with E-state index in [1.807, 2.05) is 13.8 Å². The third kappa shape index (κ3) is 5.37. The minimum atomic E-state index is -0.776. The Balaban J connectivity index is 0.000000171. The van der Waals surface area contributed by atoms with Crippen LogP contribution in [0.1, 0.15) is 11.4 Å². The van der Waals surface area contributed by atoms with E-state index in [4.69, 9.17) is 5.11 Å². The molecule has 17 heavy (non-hydrogen) atoms. The monoisotopic (exact) mass is 238 g/mol. The lowest BCUT2D eigenvalue weighted by atomic mass is 10.2. The minimum Gasteiger partial charge on any atom is -0.480 e. The van der Waals surface area contributed by atoms with E-state index in [-0.39, 0.29) is 0 Å². The molecule has 0 amide bonds. The van der Waals surface area contributed by atoms with Crippen LogP contribution >= 0.6 is 0 Å². The van der Waals surface area contributed by atoms with Gasteiger partial charge in [0.05, 0.1) is 11.4 Å². The summed E-state index contributed by atoms with van der Waals surface area (Å²) in [4.78, 5) is 18.3. The molecule has 1 aromatic heterocycles. The van der Waals surface area contributed by atoms with Crippen molar-refractivity contribution in [3.63, 3.8) is 0 Å². The molecule has 6 heteroatoms. The van der Waals surface area contributed by atoms with E-state index in [1.165, 1.54) is 0 Å². The van der Waals surface area contributed by atoms with Gasteiger partial charge in [0.2, 0.25) is 0 Å². The van der Waals surface area contributed by atoms with Gasteiger partial charge in [-0.05, 0) is 13.8 Å². The van der Waals surface area contributed by atoms with Crippen LogP contribution in [-0.2, 0) is 4.79 Å². The smallest absolute Gasteiger partial charge is 0.322 e. The summed E-state index contributed by atoms with van der Waals surface area (Å²) in [5.41, 5.74) is 1.94. The molecule has 1 atom stereocenters. The molecule has 0 aliphatic carbocycles. The van der Waals surface area contributed by atoms with Gasteiger partial charge in [0, 0.05) is 32.0 Å². The predicted molar refractivity (Wildman–Crippen MR) is 63.8 cm³/mol. The molecule has 2 heterocycles. The van der Waals surface area contributed by atoms with Gasteiger partial charge in [0.15, 0.2) is 0 Å². The molecule has 1 unspecified atom stereocenters. The number of aliphatic carboxylic acids is 1. The van der Waals surface area contributed by atoms with Crippen LogP contribution in [0.2, 0.25) is 0 Å². The van der Waals surface area contributed by atoms with Crippen molar-refractivity contribution < 1.29 is 9.90 Å². The molecule has 0 saturated carbocycles. The van der Waals surface area contributed by atoms with Gasteiger partial charge in [0.1, 0.15) is 6.04 Å². The van der Waals surface area contributed by atoms with Gasteiger partial charge in [0.25, 0.3) is 0 Å². The topological polar surface area (TPSA) is 87.1 Å². The summed E-state index contributed by atoms with van der Waals surface area (Å²) in [5, 5.41) is 14.3. The molecule has 2 rings (SSSR count). The average molecular weight is 238 g/mol. The Kier molecular flexibility index (Phi) is 5.51. The van der Waals surface area contributed by atoms with E-state index < -0.39 is 12.0 Å². The van der Waals surface area contributed by atoms with E-state index in [0.29, 0.717) is 6.54 Å². The quantitative estimate of drug-likeness (QED) is 0.624. The lowest BCUT2D eigenvalue weighted by molar-refractivity contribution is -0.139. The second-order valence-corrected chi connectivity index (χ2v) is 3.85. The summed E-state index contributed by atoms with van der Waals surface area (Å²) in [6.07, 6.45) is 3.52. The highest BCUT2D eigenvalue weighted by Crippen LogP contribution is 1.88. The van der Waals surface area contributed by atoms with Crippen LogP contribution in [0.5, 0.6) is 0 Å². The molecular formula is C11H18N4O2. The largest absolute Gasteiger partial charge is 0.480 e. The zero-order valence-corrected chi connectivity index (χ0v) is 10.1. The summed E-state index contributed by atoms with van der Waals surface area (Å²) in [5.74, 6) is -0.776. The van der Waals surface area contributed by atoms with Gasteiger partial charge in [-0.3, -0.25) is 14.8 Å². The first-order valence-corrected chi connectivity index (χ1v) is 5.51. The van der Waals surface area contributed by atoms with E-state index in [2.05, 4.69) is 20.6 Å². The Morgan fingerprint density at radius 3 is 2.18 bits per heavy atom. The SMILES string of the molecule is Cc1cnc(C)cn1.O=C(O)C1CNCCN1. The van der Waals surface area contributed by atoms with Crippen LogP contribution in [0, 0.1) is 13.8 Å². The number of aromatic nitrogens is 2. The van der Waals surface area contributed by atoms with Crippen LogP contribution in [0.4, 0.5) is 0 Å². The van der Waals surface area contributed by atoms with Crippen LogP contribution in [0.3, 0.4) is 0 Å². The summed E-state index contributed by atoms with van der Waals surface area (Å²) in [7, 11) is 0. The lowest BCUT2D eigenvalue weighted by Gasteiger charge is -2.20. The fraction of sp³-hybridized carbons (Fsp3) is 0.545. The van der Waals surface area contributed by atoms with Crippen molar-refractivity contribution in [2.75, 3.05) is 19.6 Å². The maximum atomic E-state index is 10.3. The molecule has 1 aliphatic heterocycles. The van der Waals surface area contributed by atoms with Gasteiger partial charge in [-0.2, -0.15) is 0 Å². The van der Waals surface area contributed by atoms with E-state index >= 15 is 0 Å². The van der Waals surface area contributed by atoms with Crippen LogP contribution < -0.4 is 10.6 Å². The zero-order valence-electron chi connectivity index (χ0n) is 10.1. The number of nitrogens with zero attached hydrogens (tertiary/aromatic N) is 2. The summed E-state index contributed by atoms with van der Waals surface area (Å²) < 4.78 is 0. The Bertz CT molecular complexity index is 326. The Morgan fingerprint density at radius 1 is 1.29 bits per heavy atom. The zero-order chi connectivity index (χ0) is 12.7. The molecule has 1 aliphatic rings. The second kappa shape index (κ2) is 6.93. The number of carboxylic acid groups (broad SMARTS) is 1.